The smallest absolute Gasteiger partial charge is 0.205 e. The molecule has 0 spiro atoms. The quantitative estimate of drug-likeness (QED) is 0.467. The number of aryl methyl sites for hydroxylation is 1. The molecule has 0 saturated carbocycles. The zero-order chi connectivity index (χ0) is 18.5. The molecule has 3 rings (SSSR count). The molecule has 0 aliphatic rings. The lowest BCUT2D eigenvalue weighted by molar-refractivity contribution is 0.327. The maximum absolute atomic E-state index is 5.49. The van der Waals surface area contributed by atoms with Crippen molar-refractivity contribution in [2.24, 2.45) is 7.05 Å². The van der Waals surface area contributed by atoms with Crippen LogP contribution in [0.1, 0.15) is 0 Å². The first-order valence-electron chi connectivity index (χ1n) is 7.84. The largest absolute Gasteiger partial charge is 0.493 e. The monoisotopic (exact) mass is 376 g/mol. The maximum Gasteiger partial charge on any atom is 0.205 e. The van der Waals surface area contributed by atoms with Crippen molar-refractivity contribution >= 4 is 28.5 Å². The summed E-state index contributed by atoms with van der Waals surface area (Å²) in [5, 5.41) is 12.9. The fraction of sp³-hybridized carbons (Fsp3) is 0.375. The maximum atomic E-state index is 5.49. The van der Waals surface area contributed by atoms with Crippen molar-refractivity contribution in [3.8, 4) is 17.2 Å². The van der Waals surface area contributed by atoms with Crippen LogP contribution in [0.25, 0.3) is 10.9 Å². The van der Waals surface area contributed by atoms with Gasteiger partial charge < -0.3 is 24.1 Å². The van der Waals surface area contributed by atoms with Crippen LogP contribution in [-0.4, -0.2) is 58.4 Å². The summed E-state index contributed by atoms with van der Waals surface area (Å²) in [5.74, 6) is 3.09. The van der Waals surface area contributed by atoms with E-state index in [-0.39, 0.29) is 0 Å². The molecule has 0 atom stereocenters. The number of fused-ring (bicyclic) bond motifs is 1. The second kappa shape index (κ2) is 8.09. The molecule has 0 amide bonds. The average Bonchev–Trinajstić information content (AvgIpc) is 3.08. The number of rotatable bonds is 8. The Morgan fingerprint density at radius 2 is 1.92 bits per heavy atom. The molecule has 9 nitrogen and oxygen atoms in total. The number of nitrogens with zero attached hydrogens (tertiary/aromatic N) is 5. The molecule has 26 heavy (non-hydrogen) atoms. The van der Waals surface area contributed by atoms with Gasteiger partial charge in [-0.25, -0.2) is 9.97 Å². The molecule has 10 heteroatoms. The molecule has 0 saturated heterocycles. The lowest BCUT2D eigenvalue weighted by Crippen LogP contribution is -2.08. The first kappa shape index (κ1) is 18.1. The van der Waals surface area contributed by atoms with Crippen molar-refractivity contribution in [2.45, 2.75) is 5.16 Å². The van der Waals surface area contributed by atoms with Crippen LogP contribution in [0, 0.1) is 0 Å². The number of thioether (sulfide) groups is 1. The van der Waals surface area contributed by atoms with Crippen LogP contribution in [0.5, 0.6) is 17.2 Å². The van der Waals surface area contributed by atoms with Crippen LogP contribution in [0.3, 0.4) is 0 Å². The molecule has 2 aromatic heterocycles. The highest BCUT2D eigenvalue weighted by atomic mass is 32.2. The predicted molar refractivity (Wildman–Crippen MR) is 99.4 cm³/mol. The number of benzene rings is 1. The number of anilines is 1. The molecule has 138 valence electrons. The first-order valence-corrected chi connectivity index (χ1v) is 8.82. The molecule has 0 aliphatic heterocycles. The van der Waals surface area contributed by atoms with E-state index in [1.165, 1.54) is 6.33 Å². The van der Waals surface area contributed by atoms with Crippen LogP contribution in [-0.2, 0) is 7.05 Å². The topological polar surface area (TPSA) is 96.2 Å². The van der Waals surface area contributed by atoms with Crippen LogP contribution in [0.2, 0.25) is 0 Å². The highest BCUT2D eigenvalue weighted by molar-refractivity contribution is 7.99. The normalized spacial score (nSPS) is 10.8. The van der Waals surface area contributed by atoms with Gasteiger partial charge in [0, 0.05) is 19.3 Å². The van der Waals surface area contributed by atoms with E-state index >= 15 is 0 Å². The fourth-order valence-electron chi connectivity index (χ4n) is 2.52. The summed E-state index contributed by atoms with van der Waals surface area (Å²) in [5.41, 5.74) is 0.656. The number of ether oxygens (including phenoxy) is 3. The molecule has 2 heterocycles. The summed E-state index contributed by atoms with van der Waals surface area (Å²) in [4.78, 5) is 8.69. The van der Waals surface area contributed by atoms with Gasteiger partial charge in [-0.1, -0.05) is 11.8 Å². The van der Waals surface area contributed by atoms with Gasteiger partial charge in [0.15, 0.2) is 16.7 Å². The van der Waals surface area contributed by atoms with E-state index in [0.717, 1.165) is 16.3 Å². The van der Waals surface area contributed by atoms with Crippen LogP contribution in [0.4, 0.5) is 5.82 Å². The summed E-state index contributed by atoms with van der Waals surface area (Å²) >= 11 is 1.61. The van der Waals surface area contributed by atoms with Crippen molar-refractivity contribution in [3.63, 3.8) is 0 Å². The van der Waals surface area contributed by atoms with Gasteiger partial charge in [-0.3, -0.25) is 0 Å². The van der Waals surface area contributed by atoms with Gasteiger partial charge in [0.25, 0.3) is 0 Å². The molecule has 0 unspecified atom stereocenters. The number of hydrogen-bond donors (Lipinski definition) is 1. The van der Waals surface area contributed by atoms with Crippen LogP contribution < -0.4 is 19.5 Å². The number of aromatic nitrogens is 5. The molecular weight excluding hydrogens is 356 g/mol. The minimum absolute atomic E-state index is 0.505. The molecule has 0 bridgehead atoms. The molecule has 0 fully saturated rings. The summed E-state index contributed by atoms with van der Waals surface area (Å²) in [6.45, 7) is 0.695. The van der Waals surface area contributed by atoms with Gasteiger partial charge in [0.05, 0.1) is 26.7 Å². The number of hydrogen-bond acceptors (Lipinski definition) is 9. The molecule has 0 aliphatic carbocycles. The third kappa shape index (κ3) is 3.45. The zero-order valence-electron chi connectivity index (χ0n) is 15.0. The Labute approximate surface area is 155 Å². The van der Waals surface area contributed by atoms with Crippen molar-refractivity contribution in [3.05, 3.63) is 18.7 Å². The third-order valence-corrected chi connectivity index (χ3v) is 4.76. The molecule has 0 radical (unpaired) electrons. The van der Waals surface area contributed by atoms with Crippen molar-refractivity contribution in [2.75, 3.05) is 38.9 Å². The summed E-state index contributed by atoms with van der Waals surface area (Å²) in [6.07, 6.45) is 3.18. The van der Waals surface area contributed by atoms with Crippen LogP contribution >= 0.6 is 11.8 Å². The minimum atomic E-state index is 0.505. The molecule has 1 N–H and O–H groups in total. The van der Waals surface area contributed by atoms with E-state index < -0.39 is 0 Å². The van der Waals surface area contributed by atoms with E-state index in [1.54, 1.807) is 39.4 Å². The second-order valence-electron chi connectivity index (χ2n) is 5.26. The first-order chi connectivity index (χ1) is 12.7. The van der Waals surface area contributed by atoms with Crippen molar-refractivity contribution in [1.29, 1.82) is 0 Å². The summed E-state index contributed by atoms with van der Waals surface area (Å²) < 4.78 is 18.2. The van der Waals surface area contributed by atoms with Gasteiger partial charge in [0.1, 0.15) is 24.0 Å². The highest BCUT2D eigenvalue weighted by Gasteiger charge is 2.19. The van der Waals surface area contributed by atoms with Crippen LogP contribution in [0.15, 0.2) is 23.9 Å². The van der Waals surface area contributed by atoms with Gasteiger partial charge >= 0.3 is 0 Å². The van der Waals surface area contributed by atoms with E-state index in [9.17, 15) is 0 Å². The number of nitrogens with one attached hydrogen (secondary N) is 1. The zero-order valence-corrected chi connectivity index (χ0v) is 15.8. The van der Waals surface area contributed by atoms with E-state index in [2.05, 4.69) is 25.5 Å². The standard InChI is InChI=1S/C16H20N6O3S/c1-22-9-20-21-16(22)26-6-5-17-15-10-7-11(23-2)13(24-3)14(25-4)12(10)18-8-19-15/h7-9H,5-6H2,1-4H3,(H,17,18,19). The van der Waals surface area contributed by atoms with Gasteiger partial charge in [-0.15, -0.1) is 10.2 Å². The average molecular weight is 376 g/mol. The Morgan fingerprint density at radius 3 is 2.58 bits per heavy atom. The molecule has 1 aromatic carbocycles. The molecule has 3 aromatic rings. The van der Waals surface area contributed by atoms with Crippen molar-refractivity contribution in [1.82, 2.24) is 24.7 Å². The van der Waals surface area contributed by atoms with Gasteiger partial charge in [-0.2, -0.15) is 0 Å². The minimum Gasteiger partial charge on any atom is -0.493 e. The second-order valence-corrected chi connectivity index (χ2v) is 6.33. The van der Waals surface area contributed by atoms with Crippen molar-refractivity contribution < 1.29 is 14.2 Å². The van der Waals surface area contributed by atoms with E-state index in [1.807, 2.05) is 17.7 Å². The fourth-order valence-corrected chi connectivity index (χ4v) is 3.26. The highest BCUT2D eigenvalue weighted by Crippen LogP contribution is 2.43. The van der Waals surface area contributed by atoms with E-state index in [0.29, 0.717) is 35.1 Å². The predicted octanol–water partition coefficient (Wildman–Crippen LogP) is 1.99. The Hall–Kier alpha value is -2.75. The lowest BCUT2D eigenvalue weighted by atomic mass is 10.2. The molecular formula is C16H20N6O3S. The van der Waals surface area contributed by atoms with Gasteiger partial charge in [-0.05, 0) is 6.07 Å². The van der Waals surface area contributed by atoms with E-state index in [4.69, 9.17) is 14.2 Å². The Balaban J connectivity index is 1.83. The third-order valence-electron chi connectivity index (χ3n) is 3.73. The lowest BCUT2D eigenvalue weighted by Gasteiger charge is -2.15. The SMILES string of the molecule is COc1cc2c(NCCSc3nncn3C)ncnc2c(OC)c1OC. The summed E-state index contributed by atoms with van der Waals surface area (Å²) in [7, 11) is 6.64. The Kier molecular flexibility index (Phi) is 5.61. The number of methoxy groups -OCH3 is 3. The Bertz CT molecular complexity index is 901. The summed E-state index contributed by atoms with van der Waals surface area (Å²) in [6, 6.07) is 1.84. The Morgan fingerprint density at radius 1 is 1.12 bits per heavy atom. The van der Waals surface area contributed by atoms with Gasteiger partial charge in [0.2, 0.25) is 5.75 Å².